The number of rotatable bonds is 6. The molecule has 0 aliphatic carbocycles. The zero-order chi connectivity index (χ0) is 13.8. The number of nitrogens with zero attached hydrogens (tertiary/aromatic N) is 1. The Hall–Kier alpha value is -0.570. The molecule has 1 aromatic carbocycles. The summed E-state index contributed by atoms with van der Waals surface area (Å²) < 4.78 is 0. The highest BCUT2D eigenvalue weighted by Crippen LogP contribution is 2.26. The molecule has 1 rings (SSSR count). The van der Waals surface area contributed by atoms with Crippen LogP contribution in [0.2, 0.25) is 5.02 Å². The first-order valence-corrected chi connectivity index (χ1v) is 6.97. The van der Waals surface area contributed by atoms with Crippen molar-refractivity contribution in [2.24, 2.45) is 11.1 Å². The average molecular weight is 269 g/mol. The van der Waals surface area contributed by atoms with Crippen LogP contribution in [0.15, 0.2) is 24.3 Å². The van der Waals surface area contributed by atoms with Crippen molar-refractivity contribution in [2.45, 2.75) is 33.7 Å². The molecule has 0 fully saturated rings. The van der Waals surface area contributed by atoms with Crippen LogP contribution in [0.25, 0.3) is 0 Å². The summed E-state index contributed by atoms with van der Waals surface area (Å²) in [6.45, 7) is 11.5. The van der Waals surface area contributed by atoms with Gasteiger partial charge in [-0.2, -0.15) is 0 Å². The Bertz CT molecular complexity index is 377. The van der Waals surface area contributed by atoms with E-state index in [9.17, 15) is 0 Å². The van der Waals surface area contributed by atoms with Gasteiger partial charge in [-0.3, -0.25) is 4.90 Å². The Morgan fingerprint density at radius 3 is 2.56 bits per heavy atom. The quantitative estimate of drug-likeness (QED) is 0.852. The molecule has 0 aliphatic heterocycles. The summed E-state index contributed by atoms with van der Waals surface area (Å²) in [6.07, 6.45) is 0. The van der Waals surface area contributed by atoms with E-state index >= 15 is 0 Å². The van der Waals surface area contributed by atoms with Crippen LogP contribution >= 0.6 is 11.6 Å². The first-order valence-electron chi connectivity index (χ1n) is 6.59. The molecule has 1 atom stereocenters. The lowest BCUT2D eigenvalue weighted by atomic mass is 9.92. The van der Waals surface area contributed by atoms with E-state index in [2.05, 4.69) is 38.7 Å². The Balaban J connectivity index is 2.82. The fourth-order valence-corrected chi connectivity index (χ4v) is 2.31. The fraction of sp³-hybridized carbons (Fsp3) is 0.600. The number of hydrogen-bond acceptors (Lipinski definition) is 2. The normalized spacial score (nSPS) is 13.9. The van der Waals surface area contributed by atoms with E-state index in [0.717, 1.165) is 18.1 Å². The van der Waals surface area contributed by atoms with Crippen LogP contribution < -0.4 is 5.73 Å². The van der Waals surface area contributed by atoms with Crippen LogP contribution in [0.1, 0.15) is 39.3 Å². The van der Waals surface area contributed by atoms with Gasteiger partial charge in [0.1, 0.15) is 0 Å². The van der Waals surface area contributed by atoms with Crippen LogP contribution in [0.4, 0.5) is 0 Å². The highest BCUT2D eigenvalue weighted by molar-refractivity contribution is 6.30. The second-order valence-electron chi connectivity index (χ2n) is 5.66. The summed E-state index contributed by atoms with van der Waals surface area (Å²) in [7, 11) is 0. The molecular formula is C15H25ClN2. The summed E-state index contributed by atoms with van der Waals surface area (Å²) in [6, 6.07) is 8.46. The third-order valence-corrected chi connectivity index (χ3v) is 3.70. The van der Waals surface area contributed by atoms with Gasteiger partial charge in [0.2, 0.25) is 0 Å². The van der Waals surface area contributed by atoms with E-state index in [1.54, 1.807) is 0 Å². The van der Waals surface area contributed by atoms with Crippen molar-refractivity contribution >= 4 is 11.6 Å². The predicted octanol–water partition coefficient (Wildman–Crippen LogP) is 3.71. The number of benzene rings is 1. The minimum Gasteiger partial charge on any atom is -0.330 e. The van der Waals surface area contributed by atoms with E-state index < -0.39 is 0 Å². The van der Waals surface area contributed by atoms with Gasteiger partial charge in [0.25, 0.3) is 0 Å². The monoisotopic (exact) mass is 268 g/mol. The van der Waals surface area contributed by atoms with Gasteiger partial charge in [0.15, 0.2) is 0 Å². The van der Waals surface area contributed by atoms with E-state index in [-0.39, 0.29) is 5.41 Å². The molecular weight excluding hydrogens is 244 g/mol. The van der Waals surface area contributed by atoms with Crippen molar-refractivity contribution < 1.29 is 0 Å². The number of halogens is 1. The molecule has 0 spiro atoms. The Kier molecular flexibility index (Phi) is 5.64. The molecule has 0 bridgehead atoms. The van der Waals surface area contributed by atoms with Crippen molar-refractivity contribution in [3.05, 3.63) is 34.9 Å². The molecule has 0 heterocycles. The summed E-state index contributed by atoms with van der Waals surface area (Å²) in [5.74, 6) is 0. The SMILES string of the molecule is CCN(CC(C)(C)CN)C(C)c1cccc(Cl)c1. The lowest BCUT2D eigenvalue weighted by molar-refractivity contribution is 0.148. The van der Waals surface area contributed by atoms with Crippen molar-refractivity contribution in [3.63, 3.8) is 0 Å². The van der Waals surface area contributed by atoms with Crippen LogP contribution in [0, 0.1) is 5.41 Å². The van der Waals surface area contributed by atoms with Crippen molar-refractivity contribution in [2.75, 3.05) is 19.6 Å². The summed E-state index contributed by atoms with van der Waals surface area (Å²) in [4.78, 5) is 2.44. The maximum atomic E-state index is 6.06. The second kappa shape index (κ2) is 6.55. The van der Waals surface area contributed by atoms with Crippen molar-refractivity contribution in [1.82, 2.24) is 4.90 Å². The molecule has 102 valence electrons. The third-order valence-electron chi connectivity index (χ3n) is 3.47. The summed E-state index contributed by atoms with van der Waals surface area (Å²) in [5.41, 5.74) is 7.23. The molecule has 2 nitrogen and oxygen atoms in total. The molecule has 18 heavy (non-hydrogen) atoms. The van der Waals surface area contributed by atoms with E-state index in [4.69, 9.17) is 17.3 Å². The van der Waals surface area contributed by atoms with Gasteiger partial charge in [-0.05, 0) is 43.1 Å². The predicted molar refractivity (Wildman–Crippen MR) is 79.9 cm³/mol. The molecule has 0 saturated carbocycles. The Morgan fingerprint density at radius 1 is 1.39 bits per heavy atom. The van der Waals surface area contributed by atoms with Gasteiger partial charge in [-0.1, -0.05) is 44.5 Å². The van der Waals surface area contributed by atoms with Gasteiger partial charge in [0, 0.05) is 17.6 Å². The van der Waals surface area contributed by atoms with Gasteiger partial charge in [-0.25, -0.2) is 0 Å². The highest BCUT2D eigenvalue weighted by Gasteiger charge is 2.23. The smallest absolute Gasteiger partial charge is 0.0409 e. The lowest BCUT2D eigenvalue weighted by Crippen LogP contribution is -2.39. The zero-order valence-corrected chi connectivity index (χ0v) is 12.7. The molecule has 0 aromatic heterocycles. The van der Waals surface area contributed by atoms with Crippen LogP contribution in [0.3, 0.4) is 0 Å². The van der Waals surface area contributed by atoms with Gasteiger partial charge >= 0.3 is 0 Å². The Labute approximate surface area is 116 Å². The maximum Gasteiger partial charge on any atom is 0.0409 e. The molecule has 1 aromatic rings. The topological polar surface area (TPSA) is 29.3 Å². The van der Waals surface area contributed by atoms with Crippen LogP contribution in [-0.4, -0.2) is 24.5 Å². The number of hydrogen-bond donors (Lipinski definition) is 1. The van der Waals surface area contributed by atoms with Crippen molar-refractivity contribution in [1.29, 1.82) is 0 Å². The van der Waals surface area contributed by atoms with Gasteiger partial charge < -0.3 is 5.73 Å². The van der Waals surface area contributed by atoms with E-state index in [1.807, 2.05) is 18.2 Å². The second-order valence-corrected chi connectivity index (χ2v) is 6.10. The first-order chi connectivity index (χ1) is 8.39. The van der Waals surface area contributed by atoms with Gasteiger partial charge in [-0.15, -0.1) is 0 Å². The van der Waals surface area contributed by atoms with E-state index in [1.165, 1.54) is 5.56 Å². The Morgan fingerprint density at radius 2 is 2.06 bits per heavy atom. The maximum absolute atomic E-state index is 6.06. The molecule has 0 radical (unpaired) electrons. The highest BCUT2D eigenvalue weighted by atomic mass is 35.5. The lowest BCUT2D eigenvalue weighted by Gasteiger charge is -2.35. The van der Waals surface area contributed by atoms with Crippen LogP contribution in [0.5, 0.6) is 0 Å². The fourth-order valence-electron chi connectivity index (χ4n) is 2.11. The largest absolute Gasteiger partial charge is 0.330 e. The molecule has 0 amide bonds. The third kappa shape index (κ3) is 4.27. The zero-order valence-electron chi connectivity index (χ0n) is 11.9. The molecule has 1 unspecified atom stereocenters. The molecule has 0 aliphatic rings. The first kappa shape index (κ1) is 15.5. The summed E-state index contributed by atoms with van der Waals surface area (Å²) in [5, 5.41) is 0.800. The van der Waals surface area contributed by atoms with Gasteiger partial charge in [0.05, 0.1) is 0 Å². The summed E-state index contributed by atoms with van der Waals surface area (Å²) >= 11 is 6.06. The van der Waals surface area contributed by atoms with Crippen molar-refractivity contribution in [3.8, 4) is 0 Å². The number of nitrogens with two attached hydrogens (primary N) is 1. The standard InChI is InChI=1S/C15H25ClN2/c1-5-18(11-15(3,4)10-17)12(2)13-7-6-8-14(16)9-13/h6-9,12H,5,10-11,17H2,1-4H3. The molecule has 3 heteroatoms. The average Bonchev–Trinajstić information content (AvgIpc) is 2.35. The minimum atomic E-state index is 0.142. The molecule has 0 saturated heterocycles. The molecule has 2 N–H and O–H groups in total. The van der Waals surface area contributed by atoms with Crippen LogP contribution in [-0.2, 0) is 0 Å². The minimum absolute atomic E-state index is 0.142. The van der Waals surface area contributed by atoms with E-state index in [0.29, 0.717) is 12.6 Å².